The van der Waals surface area contributed by atoms with Crippen LogP contribution >= 0.6 is 0 Å². The molecule has 9 nitrogen and oxygen atoms in total. The van der Waals surface area contributed by atoms with E-state index < -0.39 is 23.8 Å². The molecule has 1 aromatic heterocycles. The van der Waals surface area contributed by atoms with E-state index in [1.165, 1.54) is 6.92 Å². The summed E-state index contributed by atoms with van der Waals surface area (Å²) in [5, 5.41) is 15.0. The van der Waals surface area contributed by atoms with Gasteiger partial charge in [0.15, 0.2) is 0 Å². The van der Waals surface area contributed by atoms with Gasteiger partial charge in [-0.15, -0.1) is 5.10 Å². The van der Waals surface area contributed by atoms with Crippen LogP contribution in [0.1, 0.15) is 27.6 Å². The van der Waals surface area contributed by atoms with Crippen molar-refractivity contribution in [3.8, 4) is 0 Å². The van der Waals surface area contributed by atoms with Crippen molar-refractivity contribution < 1.29 is 14.4 Å². The maximum Gasteiger partial charge on any atom is 0.269 e. The van der Waals surface area contributed by atoms with Crippen molar-refractivity contribution in [2.45, 2.75) is 13.0 Å². The average molecular weight is 286 g/mol. The van der Waals surface area contributed by atoms with Crippen molar-refractivity contribution in [1.29, 1.82) is 0 Å². The number of amides is 3. The Hall–Kier alpha value is -3.10. The van der Waals surface area contributed by atoms with Crippen molar-refractivity contribution in [3.63, 3.8) is 0 Å². The van der Waals surface area contributed by atoms with Crippen molar-refractivity contribution in [1.82, 2.24) is 25.5 Å². The van der Waals surface area contributed by atoms with Gasteiger partial charge in [0.1, 0.15) is 6.04 Å². The minimum absolute atomic E-state index is 0.0246. The topological polar surface area (TPSA) is 121 Å². The van der Waals surface area contributed by atoms with Gasteiger partial charge < -0.3 is 0 Å². The molecule has 2 heterocycles. The molecule has 106 valence electrons. The lowest BCUT2D eigenvalue weighted by Crippen LogP contribution is -2.45. The zero-order valence-electron chi connectivity index (χ0n) is 10.9. The van der Waals surface area contributed by atoms with Gasteiger partial charge in [0.2, 0.25) is 5.91 Å². The Labute approximate surface area is 118 Å². The molecule has 0 radical (unpaired) electrons. The fourth-order valence-electron chi connectivity index (χ4n) is 2.11. The number of rotatable bonds is 3. The van der Waals surface area contributed by atoms with Gasteiger partial charge in [-0.2, -0.15) is 5.21 Å². The molecule has 2 N–H and O–H groups in total. The van der Waals surface area contributed by atoms with Gasteiger partial charge >= 0.3 is 0 Å². The van der Waals surface area contributed by atoms with Crippen LogP contribution in [0.4, 0.5) is 5.95 Å². The molecule has 21 heavy (non-hydrogen) atoms. The average Bonchev–Trinajstić information content (AvgIpc) is 3.07. The van der Waals surface area contributed by atoms with E-state index in [-0.39, 0.29) is 5.95 Å². The smallest absolute Gasteiger partial charge is 0.269 e. The van der Waals surface area contributed by atoms with Crippen LogP contribution in [-0.4, -0.2) is 49.3 Å². The Bertz CT molecular complexity index is 691. The second kappa shape index (κ2) is 4.78. The highest BCUT2D eigenvalue weighted by Crippen LogP contribution is 2.24. The number of aromatic nitrogens is 4. The molecule has 9 heteroatoms. The number of carbonyl (C=O) groups is 3. The number of aromatic amines is 1. The van der Waals surface area contributed by atoms with Gasteiger partial charge in [0.25, 0.3) is 17.8 Å². The zero-order valence-corrected chi connectivity index (χ0v) is 10.9. The Morgan fingerprint density at radius 1 is 1.24 bits per heavy atom. The van der Waals surface area contributed by atoms with Crippen molar-refractivity contribution in [2.75, 3.05) is 5.32 Å². The Morgan fingerprint density at radius 3 is 2.38 bits per heavy atom. The van der Waals surface area contributed by atoms with E-state index in [0.29, 0.717) is 11.1 Å². The highest BCUT2D eigenvalue weighted by Gasteiger charge is 2.40. The van der Waals surface area contributed by atoms with E-state index in [2.05, 4.69) is 25.9 Å². The number of benzene rings is 1. The molecule has 1 aromatic carbocycles. The summed E-state index contributed by atoms with van der Waals surface area (Å²) in [6.45, 7) is 1.46. The van der Waals surface area contributed by atoms with Crippen LogP contribution in [-0.2, 0) is 4.79 Å². The highest BCUT2D eigenvalue weighted by atomic mass is 16.2. The molecular formula is C12H10N6O3. The fourth-order valence-corrected chi connectivity index (χ4v) is 2.11. The zero-order chi connectivity index (χ0) is 15.0. The molecule has 0 saturated heterocycles. The van der Waals surface area contributed by atoms with Crippen LogP contribution < -0.4 is 5.32 Å². The standard InChI is InChI=1S/C12H10N6O3/c1-6(9(19)13-12-14-16-17-15-12)18-10(20)7-4-2-3-5-8(7)11(18)21/h2-6H,1H3,(H2,13,14,15,16,17,19)/t6-/m1/s1. The van der Waals surface area contributed by atoms with Crippen molar-refractivity contribution in [2.24, 2.45) is 0 Å². The van der Waals surface area contributed by atoms with E-state index in [1.807, 2.05) is 0 Å². The molecule has 3 amide bonds. The number of carbonyl (C=O) groups excluding carboxylic acids is 3. The molecule has 0 fully saturated rings. The molecule has 0 spiro atoms. The van der Waals surface area contributed by atoms with Crippen LogP contribution in [0.2, 0.25) is 0 Å². The lowest BCUT2D eigenvalue weighted by Gasteiger charge is -2.20. The summed E-state index contributed by atoms with van der Waals surface area (Å²) in [7, 11) is 0. The predicted octanol–water partition coefficient (Wildman–Crippen LogP) is -0.177. The number of tetrazole rings is 1. The first-order valence-electron chi connectivity index (χ1n) is 6.11. The molecule has 0 aliphatic carbocycles. The van der Waals surface area contributed by atoms with Gasteiger partial charge in [-0.1, -0.05) is 17.2 Å². The summed E-state index contributed by atoms with van der Waals surface area (Å²) >= 11 is 0. The summed E-state index contributed by atoms with van der Waals surface area (Å²) in [5.74, 6) is -1.59. The minimum atomic E-state index is -0.990. The maximum absolute atomic E-state index is 12.2. The molecule has 1 atom stereocenters. The number of hydrogen-bond donors (Lipinski definition) is 2. The second-order valence-corrected chi connectivity index (χ2v) is 4.43. The number of imide groups is 1. The van der Waals surface area contributed by atoms with Gasteiger partial charge in [0.05, 0.1) is 11.1 Å². The van der Waals surface area contributed by atoms with E-state index in [0.717, 1.165) is 4.90 Å². The number of nitrogens with zero attached hydrogens (tertiary/aromatic N) is 4. The first-order valence-corrected chi connectivity index (χ1v) is 6.11. The predicted molar refractivity (Wildman–Crippen MR) is 69.2 cm³/mol. The first-order chi connectivity index (χ1) is 10.1. The third kappa shape index (κ3) is 2.04. The molecule has 1 aliphatic heterocycles. The van der Waals surface area contributed by atoms with Gasteiger partial charge in [-0.3, -0.25) is 24.6 Å². The van der Waals surface area contributed by atoms with Crippen LogP contribution in [0.25, 0.3) is 0 Å². The van der Waals surface area contributed by atoms with E-state index in [4.69, 9.17) is 0 Å². The minimum Gasteiger partial charge on any atom is -0.290 e. The largest absolute Gasteiger partial charge is 0.290 e. The highest BCUT2D eigenvalue weighted by molar-refractivity contribution is 6.23. The molecule has 0 bridgehead atoms. The van der Waals surface area contributed by atoms with Gasteiger partial charge in [0, 0.05) is 0 Å². The molecule has 3 rings (SSSR count). The van der Waals surface area contributed by atoms with E-state index in [1.54, 1.807) is 24.3 Å². The lowest BCUT2D eigenvalue weighted by atomic mass is 10.1. The summed E-state index contributed by atoms with van der Waals surface area (Å²) in [4.78, 5) is 37.4. The van der Waals surface area contributed by atoms with Gasteiger partial charge in [-0.25, -0.2) is 0 Å². The Kier molecular flexibility index (Phi) is 2.94. The molecule has 0 saturated carbocycles. The van der Waals surface area contributed by atoms with Crippen molar-refractivity contribution >= 4 is 23.7 Å². The number of hydrogen-bond acceptors (Lipinski definition) is 6. The number of anilines is 1. The molecular weight excluding hydrogens is 276 g/mol. The normalized spacial score (nSPS) is 15.0. The van der Waals surface area contributed by atoms with Crippen LogP contribution in [0.15, 0.2) is 24.3 Å². The lowest BCUT2D eigenvalue weighted by molar-refractivity contribution is -0.119. The fraction of sp³-hybridized carbons (Fsp3) is 0.167. The maximum atomic E-state index is 12.2. The number of nitrogens with one attached hydrogen (secondary N) is 2. The molecule has 0 unspecified atom stereocenters. The second-order valence-electron chi connectivity index (χ2n) is 4.43. The van der Waals surface area contributed by atoms with Crippen LogP contribution in [0.3, 0.4) is 0 Å². The van der Waals surface area contributed by atoms with E-state index >= 15 is 0 Å². The monoisotopic (exact) mass is 286 g/mol. The van der Waals surface area contributed by atoms with E-state index in [9.17, 15) is 14.4 Å². The Balaban J connectivity index is 1.83. The molecule has 1 aliphatic rings. The van der Waals surface area contributed by atoms with Crippen LogP contribution in [0.5, 0.6) is 0 Å². The summed E-state index contributed by atoms with van der Waals surface area (Å²) in [6, 6.07) is 5.45. The van der Waals surface area contributed by atoms with Crippen LogP contribution in [0, 0.1) is 0 Å². The quantitative estimate of drug-likeness (QED) is 0.755. The number of fused-ring (bicyclic) bond motifs is 1. The Morgan fingerprint density at radius 2 is 1.86 bits per heavy atom. The summed E-state index contributed by atoms with van der Waals surface area (Å²) in [6.07, 6.45) is 0. The van der Waals surface area contributed by atoms with Crippen molar-refractivity contribution in [3.05, 3.63) is 35.4 Å². The number of H-pyrrole nitrogens is 1. The molecule has 2 aromatic rings. The third-order valence-electron chi connectivity index (χ3n) is 3.17. The summed E-state index contributed by atoms with van der Waals surface area (Å²) < 4.78 is 0. The third-order valence-corrected chi connectivity index (χ3v) is 3.17. The summed E-state index contributed by atoms with van der Waals surface area (Å²) in [5.41, 5.74) is 0.587. The van der Waals surface area contributed by atoms with Gasteiger partial charge in [-0.05, 0) is 24.3 Å². The first kappa shape index (κ1) is 12.9. The SMILES string of the molecule is C[C@H](C(=O)Nc1nn[nH]n1)N1C(=O)c2ccccc2C1=O.